The van der Waals surface area contributed by atoms with Crippen LogP contribution in [0.3, 0.4) is 0 Å². The highest BCUT2D eigenvalue weighted by Crippen LogP contribution is 2.15. The molecule has 0 bridgehead atoms. The second-order valence-corrected chi connectivity index (χ2v) is 3.93. The van der Waals surface area contributed by atoms with Crippen molar-refractivity contribution in [3.63, 3.8) is 0 Å². The third-order valence-corrected chi connectivity index (χ3v) is 2.43. The summed E-state index contributed by atoms with van der Waals surface area (Å²) in [4.78, 5) is 22.3. The quantitative estimate of drug-likeness (QED) is 0.809. The number of aryl methyl sites for hydroxylation is 2. The molecule has 6 nitrogen and oxygen atoms in total. The van der Waals surface area contributed by atoms with Gasteiger partial charge in [-0.15, -0.1) is 0 Å². The fourth-order valence-corrected chi connectivity index (χ4v) is 1.28. The number of hydrogen-bond donors (Lipinski definition) is 2. The number of hydrogen-bond acceptors (Lipinski definition) is 4. The molecule has 2 N–H and O–H groups in total. The van der Waals surface area contributed by atoms with Crippen LogP contribution < -0.4 is 15.6 Å². The molecule has 0 saturated carbocycles. The predicted molar refractivity (Wildman–Crippen MR) is 69.7 cm³/mol. The molecule has 0 unspecified atom stereocenters. The first-order valence-corrected chi connectivity index (χ1v) is 5.94. The van der Waals surface area contributed by atoms with Gasteiger partial charge in [0.15, 0.2) is 6.61 Å². The van der Waals surface area contributed by atoms with Gasteiger partial charge >= 0.3 is 6.09 Å². The molecule has 2 amide bonds. The standard InChI is InChI=1S/C13H18N2O4/c1-4-18-13(17)15-14-12(16)8-19-11-6-5-9(2)10(3)7-11/h5-7H,4,8H2,1-3H3,(H,14,16)(H,15,17). The Morgan fingerprint density at radius 2 is 1.89 bits per heavy atom. The van der Waals surface area contributed by atoms with Crippen molar-refractivity contribution < 1.29 is 19.1 Å². The molecular formula is C13H18N2O4. The Bertz CT molecular complexity index is 460. The molecule has 0 aliphatic carbocycles. The summed E-state index contributed by atoms with van der Waals surface area (Å²) < 4.78 is 9.87. The van der Waals surface area contributed by atoms with Gasteiger partial charge in [0.2, 0.25) is 0 Å². The van der Waals surface area contributed by atoms with Gasteiger partial charge in [0.1, 0.15) is 5.75 Å². The van der Waals surface area contributed by atoms with Crippen molar-refractivity contribution in [1.29, 1.82) is 0 Å². The Hall–Kier alpha value is -2.24. The van der Waals surface area contributed by atoms with Crippen LogP contribution in [0.2, 0.25) is 0 Å². The summed E-state index contributed by atoms with van der Waals surface area (Å²) in [5.41, 5.74) is 6.51. The molecule has 104 valence electrons. The topological polar surface area (TPSA) is 76.7 Å². The maximum absolute atomic E-state index is 11.4. The van der Waals surface area contributed by atoms with E-state index < -0.39 is 12.0 Å². The van der Waals surface area contributed by atoms with Crippen molar-refractivity contribution in [3.8, 4) is 5.75 Å². The lowest BCUT2D eigenvalue weighted by atomic mass is 10.1. The Kier molecular flexibility index (Phi) is 5.66. The molecular weight excluding hydrogens is 248 g/mol. The van der Waals surface area contributed by atoms with Crippen molar-refractivity contribution >= 4 is 12.0 Å². The van der Waals surface area contributed by atoms with Gasteiger partial charge in [0.05, 0.1) is 6.61 Å². The van der Waals surface area contributed by atoms with Crippen molar-refractivity contribution in [2.45, 2.75) is 20.8 Å². The zero-order valence-corrected chi connectivity index (χ0v) is 11.3. The molecule has 19 heavy (non-hydrogen) atoms. The first-order valence-electron chi connectivity index (χ1n) is 5.94. The van der Waals surface area contributed by atoms with Crippen LogP contribution in [-0.2, 0) is 9.53 Å². The molecule has 0 spiro atoms. The summed E-state index contributed by atoms with van der Waals surface area (Å²) in [6, 6.07) is 5.55. The second-order valence-electron chi connectivity index (χ2n) is 3.93. The molecule has 1 aromatic carbocycles. The first kappa shape index (κ1) is 14.8. The van der Waals surface area contributed by atoms with E-state index in [1.165, 1.54) is 0 Å². The highest BCUT2D eigenvalue weighted by molar-refractivity contribution is 5.80. The molecule has 0 aliphatic heterocycles. The van der Waals surface area contributed by atoms with Crippen molar-refractivity contribution in [1.82, 2.24) is 10.9 Å². The summed E-state index contributed by atoms with van der Waals surface area (Å²) in [5, 5.41) is 0. The molecule has 1 aromatic rings. The van der Waals surface area contributed by atoms with E-state index >= 15 is 0 Å². The minimum Gasteiger partial charge on any atom is -0.484 e. The SMILES string of the molecule is CCOC(=O)NNC(=O)COc1ccc(C)c(C)c1. The lowest BCUT2D eigenvalue weighted by molar-refractivity contribution is -0.123. The zero-order chi connectivity index (χ0) is 14.3. The van der Waals surface area contributed by atoms with Crippen LogP contribution in [0, 0.1) is 13.8 Å². The van der Waals surface area contributed by atoms with Crippen LogP contribution in [0.1, 0.15) is 18.1 Å². The molecule has 0 saturated heterocycles. The van der Waals surface area contributed by atoms with Crippen LogP contribution in [0.25, 0.3) is 0 Å². The number of hydrazine groups is 1. The summed E-state index contributed by atoms with van der Waals surface area (Å²) >= 11 is 0. The lowest BCUT2D eigenvalue weighted by Gasteiger charge is -2.09. The smallest absolute Gasteiger partial charge is 0.426 e. The van der Waals surface area contributed by atoms with Gasteiger partial charge in [-0.05, 0) is 44.0 Å². The highest BCUT2D eigenvalue weighted by atomic mass is 16.6. The summed E-state index contributed by atoms with van der Waals surface area (Å²) in [7, 11) is 0. The Balaban J connectivity index is 2.33. The monoisotopic (exact) mass is 266 g/mol. The van der Waals surface area contributed by atoms with Gasteiger partial charge in [0.25, 0.3) is 5.91 Å². The Morgan fingerprint density at radius 3 is 2.53 bits per heavy atom. The van der Waals surface area contributed by atoms with E-state index in [1.807, 2.05) is 26.0 Å². The Morgan fingerprint density at radius 1 is 1.16 bits per heavy atom. The maximum atomic E-state index is 11.4. The molecule has 0 radical (unpaired) electrons. The summed E-state index contributed by atoms with van der Waals surface area (Å²) in [5.74, 6) is 0.140. The molecule has 0 aliphatic rings. The summed E-state index contributed by atoms with van der Waals surface area (Å²) in [6.45, 7) is 5.68. The van der Waals surface area contributed by atoms with E-state index in [1.54, 1.807) is 13.0 Å². The molecule has 0 aromatic heterocycles. The number of benzene rings is 1. The molecule has 0 atom stereocenters. The number of carbonyl (C=O) groups is 2. The van der Waals surface area contributed by atoms with Crippen LogP contribution in [-0.4, -0.2) is 25.2 Å². The fraction of sp³-hybridized carbons (Fsp3) is 0.385. The third-order valence-electron chi connectivity index (χ3n) is 2.43. The Labute approximate surface area is 112 Å². The van der Waals surface area contributed by atoms with Gasteiger partial charge < -0.3 is 9.47 Å². The largest absolute Gasteiger partial charge is 0.484 e. The van der Waals surface area contributed by atoms with E-state index in [9.17, 15) is 9.59 Å². The lowest BCUT2D eigenvalue weighted by Crippen LogP contribution is -2.44. The number of nitrogens with one attached hydrogen (secondary N) is 2. The maximum Gasteiger partial charge on any atom is 0.426 e. The molecule has 6 heteroatoms. The summed E-state index contributed by atoms with van der Waals surface area (Å²) in [6.07, 6.45) is -0.706. The van der Waals surface area contributed by atoms with Crippen molar-refractivity contribution in [2.75, 3.05) is 13.2 Å². The van der Waals surface area contributed by atoms with E-state index in [2.05, 4.69) is 15.6 Å². The number of carbonyl (C=O) groups excluding carboxylic acids is 2. The fourth-order valence-electron chi connectivity index (χ4n) is 1.28. The normalized spacial score (nSPS) is 9.63. The highest BCUT2D eigenvalue weighted by Gasteiger charge is 2.05. The minimum absolute atomic E-state index is 0.186. The zero-order valence-electron chi connectivity index (χ0n) is 11.3. The second kappa shape index (κ2) is 7.25. The average Bonchev–Trinajstić information content (AvgIpc) is 2.38. The van der Waals surface area contributed by atoms with Gasteiger partial charge in [0, 0.05) is 0 Å². The predicted octanol–water partition coefficient (Wildman–Crippen LogP) is 1.46. The molecule has 0 fully saturated rings. The van der Waals surface area contributed by atoms with Crippen molar-refractivity contribution in [3.05, 3.63) is 29.3 Å². The van der Waals surface area contributed by atoms with E-state index in [0.717, 1.165) is 11.1 Å². The van der Waals surface area contributed by atoms with E-state index in [0.29, 0.717) is 5.75 Å². The first-order chi connectivity index (χ1) is 9.02. The molecule has 0 heterocycles. The third kappa shape index (κ3) is 5.29. The van der Waals surface area contributed by atoms with E-state index in [4.69, 9.17) is 4.74 Å². The van der Waals surface area contributed by atoms with Crippen LogP contribution in [0.4, 0.5) is 4.79 Å². The molecule has 1 rings (SSSR count). The number of ether oxygens (including phenoxy) is 2. The number of rotatable bonds is 4. The van der Waals surface area contributed by atoms with Crippen LogP contribution in [0.15, 0.2) is 18.2 Å². The van der Waals surface area contributed by atoms with Crippen molar-refractivity contribution in [2.24, 2.45) is 0 Å². The van der Waals surface area contributed by atoms with Crippen LogP contribution >= 0.6 is 0 Å². The van der Waals surface area contributed by atoms with Gasteiger partial charge in [-0.3, -0.25) is 10.2 Å². The van der Waals surface area contributed by atoms with Gasteiger partial charge in [-0.2, -0.15) is 0 Å². The average molecular weight is 266 g/mol. The van der Waals surface area contributed by atoms with Gasteiger partial charge in [-0.1, -0.05) is 6.07 Å². The van der Waals surface area contributed by atoms with E-state index in [-0.39, 0.29) is 13.2 Å². The minimum atomic E-state index is -0.706. The van der Waals surface area contributed by atoms with Gasteiger partial charge in [-0.25, -0.2) is 10.2 Å². The number of amides is 2. The van der Waals surface area contributed by atoms with Crippen LogP contribution in [0.5, 0.6) is 5.75 Å².